The smallest absolute Gasteiger partial charge is 0.251 e. The summed E-state index contributed by atoms with van der Waals surface area (Å²) in [6.45, 7) is 5.32. The molecule has 34 heavy (non-hydrogen) atoms. The van der Waals surface area contributed by atoms with Crippen LogP contribution >= 0.6 is 23.4 Å². The molecule has 1 aliphatic heterocycles. The highest BCUT2D eigenvalue weighted by Crippen LogP contribution is 2.39. The van der Waals surface area contributed by atoms with Gasteiger partial charge in [0, 0.05) is 23.7 Å². The van der Waals surface area contributed by atoms with Crippen LogP contribution < -0.4 is 5.32 Å². The van der Waals surface area contributed by atoms with Gasteiger partial charge in [0.25, 0.3) is 5.91 Å². The van der Waals surface area contributed by atoms with E-state index >= 15 is 0 Å². The van der Waals surface area contributed by atoms with Gasteiger partial charge in [0.1, 0.15) is 5.37 Å². The van der Waals surface area contributed by atoms with Crippen molar-refractivity contribution in [3.8, 4) is 0 Å². The van der Waals surface area contributed by atoms with Crippen LogP contribution in [0.1, 0.15) is 57.4 Å². The Bertz CT molecular complexity index is 1160. The second-order valence-electron chi connectivity index (χ2n) is 8.43. The van der Waals surface area contributed by atoms with Crippen LogP contribution in [0.15, 0.2) is 66.7 Å². The molecule has 3 aromatic rings. The summed E-state index contributed by atoms with van der Waals surface area (Å²) in [5.74, 6) is 0.480. The summed E-state index contributed by atoms with van der Waals surface area (Å²) < 4.78 is 0. The van der Waals surface area contributed by atoms with Gasteiger partial charge in [0.15, 0.2) is 0 Å². The number of amides is 2. The first-order valence-corrected chi connectivity index (χ1v) is 13.1. The van der Waals surface area contributed by atoms with Crippen molar-refractivity contribution in [3.05, 3.63) is 105 Å². The molecular formula is C28H29ClN2O2S. The first-order chi connectivity index (χ1) is 16.5. The van der Waals surface area contributed by atoms with E-state index in [-0.39, 0.29) is 17.2 Å². The molecule has 1 fully saturated rings. The lowest BCUT2D eigenvalue weighted by atomic mass is 10.0. The molecule has 0 bridgehead atoms. The quantitative estimate of drug-likeness (QED) is 0.409. The largest absolute Gasteiger partial charge is 0.348 e. The van der Waals surface area contributed by atoms with Crippen molar-refractivity contribution in [1.82, 2.24) is 10.2 Å². The van der Waals surface area contributed by atoms with Crippen LogP contribution in [-0.2, 0) is 30.7 Å². The molecule has 6 heteroatoms. The zero-order chi connectivity index (χ0) is 24.1. The molecule has 0 spiro atoms. The predicted molar refractivity (Wildman–Crippen MR) is 140 cm³/mol. The SMILES string of the molecule is CCc1ccc(CC)c(CNC(=O)c2ccc([C@H]3SCC(=O)N3Cc3ccc(Cl)cc3)cc2)c1. The fourth-order valence-electron chi connectivity index (χ4n) is 4.17. The van der Waals surface area contributed by atoms with E-state index in [0.29, 0.717) is 29.4 Å². The van der Waals surface area contributed by atoms with Crippen LogP contribution in [0, 0.1) is 0 Å². The Morgan fingerprint density at radius 2 is 1.68 bits per heavy atom. The molecule has 0 aliphatic carbocycles. The molecule has 0 unspecified atom stereocenters. The van der Waals surface area contributed by atoms with Crippen molar-refractivity contribution in [2.24, 2.45) is 0 Å². The molecule has 0 radical (unpaired) electrons. The summed E-state index contributed by atoms with van der Waals surface area (Å²) in [4.78, 5) is 27.2. The number of carbonyl (C=O) groups is 2. The maximum Gasteiger partial charge on any atom is 0.251 e. The Balaban J connectivity index is 1.42. The van der Waals surface area contributed by atoms with Crippen molar-refractivity contribution < 1.29 is 9.59 Å². The van der Waals surface area contributed by atoms with Crippen LogP contribution in [0.25, 0.3) is 0 Å². The van der Waals surface area contributed by atoms with Gasteiger partial charge in [-0.15, -0.1) is 11.8 Å². The molecular weight excluding hydrogens is 464 g/mol. The molecule has 176 valence electrons. The van der Waals surface area contributed by atoms with E-state index in [2.05, 4.69) is 37.4 Å². The lowest BCUT2D eigenvalue weighted by molar-refractivity contribution is -0.128. The van der Waals surface area contributed by atoms with Crippen LogP contribution in [0.2, 0.25) is 5.02 Å². The van der Waals surface area contributed by atoms with Gasteiger partial charge >= 0.3 is 0 Å². The third kappa shape index (κ3) is 5.65. The number of rotatable bonds is 8. The number of thioether (sulfide) groups is 1. The Morgan fingerprint density at radius 1 is 0.971 bits per heavy atom. The van der Waals surface area contributed by atoms with Crippen LogP contribution in [-0.4, -0.2) is 22.5 Å². The minimum atomic E-state index is -0.0938. The van der Waals surface area contributed by atoms with Crippen molar-refractivity contribution >= 4 is 35.2 Å². The number of hydrogen-bond acceptors (Lipinski definition) is 3. The summed E-state index contributed by atoms with van der Waals surface area (Å²) in [5, 5.41) is 3.68. The Hall–Kier alpha value is -2.76. The number of nitrogens with zero attached hydrogens (tertiary/aromatic N) is 1. The minimum absolute atomic E-state index is 0.0656. The molecule has 1 saturated heterocycles. The van der Waals surface area contributed by atoms with Crippen molar-refractivity contribution in [3.63, 3.8) is 0 Å². The molecule has 2 amide bonds. The first-order valence-electron chi connectivity index (χ1n) is 11.6. The van der Waals surface area contributed by atoms with Gasteiger partial charge in [-0.2, -0.15) is 0 Å². The van der Waals surface area contributed by atoms with Crippen LogP contribution in [0.5, 0.6) is 0 Å². The Kier molecular flexibility index (Phi) is 7.96. The van der Waals surface area contributed by atoms with Gasteiger partial charge in [0.2, 0.25) is 5.91 Å². The normalized spacial score (nSPS) is 15.6. The summed E-state index contributed by atoms with van der Waals surface area (Å²) in [6.07, 6.45) is 1.91. The maximum absolute atomic E-state index is 12.8. The molecule has 4 rings (SSSR count). The number of hydrogen-bond donors (Lipinski definition) is 1. The maximum atomic E-state index is 12.8. The van der Waals surface area contributed by atoms with Gasteiger partial charge in [-0.1, -0.05) is 67.9 Å². The third-order valence-corrected chi connectivity index (χ3v) is 7.70. The number of nitrogens with one attached hydrogen (secondary N) is 1. The van der Waals surface area contributed by atoms with E-state index in [1.165, 1.54) is 16.7 Å². The van der Waals surface area contributed by atoms with Crippen LogP contribution in [0.4, 0.5) is 0 Å². The first kappa shape index (κ1) is 24.4. The molecule has 1 N–H and O–H groups in total. The Morgan fingerprint density at radius 3 is 2.35 bits per heavy atom. The molecule has 1 aliphatic rings. The minimum Gasteiger partial charge on any atom is -0.348 e. The molecule has 0 saturated carbocycles. The highest BCUT2D eigenvalue weighted by molar-refractivity contribution is 8.00. The van der Waals surface area contributed by atoms with E-state index in [0.717, 1.165) is 24.0 Å². The fourth-order valence-corrected chi connectivity index (χ4v) is 5.49. The Labute approximate surface area is 210 Å². The lowest BCUT2D eigenvalue weighted by Crippen LogP contribution is -2.27. The average Bonchev–Trinajstić information content (AvgIpc) is 3.23. The zero-order valence-electron chi connectivity index (χ0n) is 19.5. The average molecular weight is 493 g/mol. The monoisotopic (exact) mass is 492 g/mol. The highest BCUT2D eigenvalue weighted by Gasteiger charge is 2.32. The molecule has 0 aromatic heterocycles. The summed E-state index contributed by atoms with van der Waals surface area (Å²) >= 11 is 7.60. The second-order valence-corrected chi connectivity index (χ2v) is 9.93. The highest BCUT2D eigenvalue weighted by atomic mass is 35.5. The van der Waals surface area contributed by atoms with E-state index in [1.54, 1.807) is 11.8 Å². The molecule has 4 nitrogen and oxygen atoms in total. The number of benzene rings is 3. The fraction of sp³-hybridized carbons (Fsp3) is 0.286. The molecule has 3 aromatic carbocycles. The predicted octanol–water partition coefficient (Wildman–Crippen LogP) is 6.17. The third-order valence-electron chi connectivity index (χ3n) is 6.19. The number of aryl methyl sites for hydroxylation is 2. The van der Waals surface area contributed by atoms with Gasteiger partial charge in [0.05, 0.1) is 5.75 Å². The van der Waals surface area contributed by atoms with Crippen molar-refractivity contribution in [2.75, 3.05) is 5.75 Å². The van der Waals surface area contributed by atoms with Crippen molar-refractivity contribution in [2.45, 2.75) is 45.2 Å². The standard InChI is InChI=1S/C28H29ClN2O2S/c1-3-19-5-8-21(4-2)24(15-19)16-30-27(33)22-9-11-23(12-10-22)28-31(26(32)18-34-28)17-20-6-13-25(29)14-7-20/h5-15,28H,3-4,16-18H2,1-2H3,(H,30,33)/t28-/m1/s1. The summed E-state index contributed by atoms with van der Waals surface area (Å²) in [5.41, 5.74) is 6.39. The molecule has 1 atom stereocenters. The van der Waals surface area contributed by atoms with E-state index in [9.17, 15) is 9.59 Å². The van der Waals surface area contributed by atoms with Crippen LogP contribution in [0.3, 0.4) is 0 Å². The van der Waals surface area contributed by atoms with Gasteiger partial charge in [-0.25, -0.2) is 0 Å². The van der Waals surface area contributed by atoms with E-state index in [1.807, 2.05) is 53.4 Å². The summed E-state index contributed by atoms with van der Waals surface area (Å²) in [6, 6.07) is 21.7. The van der Waals surface area contributed by atoms with Gasteiger partial charge in [-0.05, 0) is 64.9 Å². The lowest BCUT2D eigenvalue weighted by Gasteiger charge is -2.24. The summed E-state index contributed by atoms with van der Waals surface area (Å²) in [7, 11) is 0. The van der Waals surface area contributed by atoms with Gasteiger partial charge < -0.3 is 10.2 Å². The topological polar surface area (TPSA) is 49.4 Å². The number of carbonyl (C=O) groups excluding carboxylic acids is 2. The number of halogens is 1. The van der Waals surface area contributed by atoms with Gasteiger partial charge in [-0.3, -0.25) is 9.59 Å². The molecule has 1 heterocycles. The van der Waals surface area contributed by atoms with E-state index in [4.69, 9.17) is 11.6 Å². The van der Waals surface area contributed by atoms with E-state index < -0.39 is 0 Å². The zero-order valence-corrected chi connectivity index (χ0v) is 21.1. The second kappa shape index (κ2) is 11.1. The van der Waals surface area contributed by atoms with Crippen molar-refractivity contribution in [1.29, 1.82) is 0 Å².